The number of hydrogen-bond donors (Lipinski definition) is 3. The highest BCUT2D eigenvalue weighted by Crippen LogP contribution is 2.13. The van der Waals surface area contributed by atoms with Crippen molar-refractivity contribution >= 4 is 22.5 Å². The molecule has 6 nitrogen and oxygen atoms in total. The normalized spacial score (nSPS) is 10.2. The Hall–Kier alpha value is -1.99. The number of amides is 2. The Kier molecular flexibility index (Phi) is 4.43. The van der Waals surface area contributed by atoms with Crippen LogP contribution >= 0.6 is 11.3 Å². The van der Waals surface area contributed by atoms with E-state index < -0.39 is 0 Å². The van der Waals surface area contributed by atoms with Gasteiger partial charge in [0.1, 0.15) is 5.01 Å². The summed E-state index contributed by atoms with van der Waals surface area (Å²) in [4.78, 5) is 11.6. The van der Waals surface area contributed by atoms with Crippen molar-refractivity contribution in [1.82, 2.24) is 15.5 Å². The number of aliphatic hydroxyl groups excluding tert-OH is 1. The molecule has 1 aromatic carbocycles. The zero-order chi connectivity index (χ0) is 13.7. The van der Waals surface area contributed by atoms with Crippen LogP contribution in [0.3, 0.4) is 0 Å². The summed E-state index contributed by atoms with van der Waals surface area (Å²) in [6.45, 7) is 2.12. The molecule has 0 aliphatic carbocycles. The van der Waals surface area contributed by atoms with Crippen LogP contribution < -0.4 is 10.6 Å². The number of carbonyl (C=O) groups is 1. The molecule has 0 aliphatic heterocycles. The van der Waals surface area contributed by atoms with Gasteiger partial charge in [0.05, 0.1) is 6.61 Å². The molecule has 7 heteroatoms. The van der Waals surface area contributed by atoms with E-state index in [9.17, 15) is 9.90 Å². The highest BCUT2D eigenvalue weighted by atomic mass is 32.1. The standard InChI is InChI=1S/C12H14N4O2S/c1-8-15-16-12(19-8)14-11(18)13-6-9-4-2-3-5-10(9)7-17/h2-5,17H,6-7H2,1H3,(H2,13,14,16,18). The van der Waals surface area contributed by atoms with E-state index >= 15 is 0 Å². The van der Waals surface area contributed by atoms with Gasteiger partial charge >= 0.3 is 6.03 Å². The first-order valence-corrected chi connectivity index (χ1v) is 6.53. The molecule has 100 valence electrons. The predicted octanol–water partition coefficient (Wildman–Crippen LogP) is 1.66. The van der Waals surface area contributed by atoms with Gasteiger partial charge in [-0.1, -0.05) is 35.6 Å². The summed E-state index contributed by atoms with van der Waals surface area (Å²) in [6.07, 6.45) is 0. The van der Waals surface area contributed by atoms with E-state index in [1.54, 1.807) is 0 Å². The first kappa shape index (κ1) is 13.4. The first-order valence-electron chi connectivity index (χ1n) is 5.71. The highest BCUT2D eigenvalue weighted by molar-refractivity contribution is 7.15. The van der Waals surface area contributed by atoms with Crippen LogP contribution in [-0.4, -0.2) is 21.3 Å². The topological polar surface area (TPSA) is 87.1 Å². The average molecular weight is 278 g/mol. The second-order valence-electron chi connectivity index (χ2n) is 3.86. The van der Waals surface area contributed by atoms with Crippen molar-refractivity contribution in [2.45, 2.75) is 20.1 Å². The number of nitrogens with one attached hydrogen (secondary N) is 2. The number of anilines is 1. The third-order valence-electron chi connectivity index (χ3n) is 2.47. The Morgan fingerprint density at radius 1 is 1.32 bits per heavy atom. The second kappa shape index (κ2) is 6.26. The molecule has 2 aromatic rings. The third-order valence-corrected chi connectivity index (χ3v) is 3.23. The number of nitrogens with zero attached hydrogens (tertiary/aromatic N) is 2. The van der Waals surface area contributed by atoms with Crippen LogP contribution in [0.2, 0.25) is 0 Å². The van der Waals surface area contributed by atoms with Crippen LogP contribution in [0.4, 0.5) is 9.93 Å². The van der Waals surface area contributed by atoms with E-state index in [1.807, 2.05) is 31.2 Å². The van der Waals surface area contributed by atoms with Crippen molar-refractivity contribution in [3.05, 3.63) is 40.4 Å². The van der Waals surface area contributed by atoms with Crippen LogP contribution in [0.5, 0.6) is 0 Å². The highest BCUT2D eigenvalue weighted by Gasteiger charge is 2.07. The molecule has 0 bridgehead atoms. The van der Waals surface area contributed by atoms with E-state index in [-0.39, 0.29) is 12.6 Å². The van der Waals surface area contributed by atoms with Gasteiger partial charge in [-0.15, -0.1) is 10.2 Å². The van der Waals surface area contributed by atoms with Crippen LogP contribution in [-0.2, 0) is 13.2 Å². The predicted molar refractivity (Wildman–Crippen MR) is 72.9 cm³/mol. The number of aromatic nitrogens is 2. The fraction of sp³-hybridized carbons (Fsp3) is 0.250. The number of carbonyl (C=O) groups excluding carboxylic acids is 1. The van der Waals surface area contributed by atoms with Gasteiger partial charge in [-0.05, 0) is 18.1 Å². The van der Waals surface area contributed by atoms with Crippen LogP contribution in [0.15, 0.2) is 24.3 Å². The smallest absolute Gasteiger partial charge is 0.321 e. The summed E-state index contributed by atoms with van der Waals surface area (Å²) in [6, 6.07) is 7.05. The van der Waals surface area contributed by atoms with Gasteiger partial charge in [-0.3, -0.25) is 5.32 Å². The monoisotopic (exact) mass is 278 g/mol. The van der Waals surface area contributed by atoms with Crippen LogP contribution in [0.1, 0.15) is 16.1 Å². The lowest BCUT2D eigenvalue weighted by Crippen LogP contribution is -2.28. The van der Waals surface area contributed by atoms with Gasteiger partial charge in [-0.25, -0.2) is 4.79 Å². The lowest BCUT2D eigenvalue weighted by molar-refractivity contribution is 0.251. The summed E-state index contributed by atoms with van der Waals surface area (Å²) < 4.78 is 0. The maximum atomic E-state index is 11.6. The molecule has 0 saturated carbocycles. The molecule has 1 heterocycles. The average Bonchev–Trinajstić information content (AvgIpc) is 2.82. The largest absolute Gasteiger partial charge is 0.392 e. The van der Waals surface area contributed by atoms with Gasteiger partial charge in [0.25, 0.3) is 0 Å². The van der Waals surface area contributed by atoms with Gasteiger partial charge in [0.15, 0.2) is 0 Å². The minimum atomic E-state index is -0.344. The zero-order valence-electron chi connectivity index (χ0n) is 10.4. The Bertz CT molecular complexity index is 570. The van der Waals surface area contributed by atoms with E-state index in [1.165, 1.54) is 11.3 Å². The molecule has 0 aliphatic rings. The molecular weight excluding hydrogens is 264 g/mol. The van der Waals surface area contributed by atoms with Gasteiger partial charge in [-0.2, -0.15) is 0 Å². The molecule has 2 amide bonds. The van der Waals surface area contributed by atoms with Crippen molar-refractivity contribution in [2.75, 3.05) is 5.32 Å². The van der Waals surface area contributed by atoms with Crippen molar-refractivity contribution in [3.63, 3.8) is 0 Å². The summed E-state index contributed by atoms with van der Waals surface area (Å²) in [5.41, 5.74) is 1.68. The molecule has 0 fully saturated rings. The quantitative estimate of drug-likeness (QED) is 0.793. The summed E-state index contributed by atoms with van der Waals surface area (Å²) in [5.74, 6) is 0. The minimum absolute atomic E-state index is 0.0466. The fourth-order valence-electron chi connectivity index (χ4n) is 1.55. The van der Waals surface area contributed by atoms with Crippen molar-refractivity contribution in [1.29, 1.82) is 0 Å². The van der Waals surface area contributed by atoms with E-state index in [0.717, 1.165) is 16.1 Å². The molecule has 0 saturated heterocycles. The Balaban J connectivity index is 1.89. The maximum absolute atomic E-state index is 11.6. The van der Waals surface area contributed by atoms with Crippen LogP contribution in [0.25, 0.3) is 0 Å². The second-order valence-corrected chi connectivity index (χ2v) is 5.04. The maximum Gasteiger partial charge on any atom is 0.321 e. The van der Waals surface area contributed by atoms with E-state index in [0.29, 0.717) is 11.7 Å². The number of urea groups is 1. The Morgan fingerprint density at radius 2 is 2.05 bits per heavy atom. The third kappa shape index (κ3) is 3.73. The summed E-state index contributed by atoms with van der Waals surface area (Å²) >= 11 is 1.31. The molecule has 0 unspecified atom stereocenters. The fourth-order valence-corrected chi connectivity index (χ4v) is 2.13. The number of aliphatic hydroxyl groups is 1. The molecule has 2 rings (SSSR count). The minimum Gasteiger partial charge on any atom is -0.392 e. The van der Waals surface area contributed by atoms with Crippen molar-refractivity contribution < 1.29 is 9.90 Å². The summed E-state index contributed by atoms with van der Waals surface area (Å²) in [5, 5.41) is 23.4. The van der Waals surface area contributed by atoms with Gasteiger partial charge in [0, 0.05) is 6.54 Å². The van der Waals surface area contributed by atoms with Gasteiger partial charge in [0.2, 0.25) is 5.13 Å². The van der Waals surface area contributed by atoms with Crippen LogP contribution in [0, 0.1) is 6.92 Å². The van der Waals surface area contributed by atoms with E-state index in [2.05, 4.69) is 20.8 Å². The number of aryl methyl sites for hydroxylation is 1. The molecule has 0 spiro atoms. The molecule has 0 atom stereocenters. The summed E-state index contributed by atoms with van der Waals surface area (Å²) in [7, 11) is 0. The Labute approximate surface area is 114 Å². The number of benzene rings is 1. The molecule has 19 heavy (non-hydrogen) atoms. The SMILES string of the molecule is Cc1nnc(NC(=O)NCc2ccccc2CO)s1. The van der Waals surface area contributed by atoms with Crippen molar-refractivity contribution in [3.8, 4) is 0 Å². The number of rotatable bonds is 4. The first-order chi connectivity index (χ1) is 9.19. The number of hydrogen-bond acceptors (Lipinski definition) is 5. The van der Waals surface area contributed by atoms with Gasteiger partial charge < -0.3 is 10.4 Å². The molecule has 1 aromatic heterocycles. The molecular formula is C12H14N4O2S. The Morgan fingerprint density at radius 3 is 2.68 bits per heavy atom. The lowest BCUT2D eigenvalue weighted by atomic mass is 10.1. The molecule has 0 radical (unpaired) electrons. The molecule has 3 N–H and O–H groups in total. The van der Waals surface area contributed by atoms with Crippen molar-refractivity contribution in [2.24, 2.45) is 0 Å². The lowest BCUT2D eigenvalue weighted by Gasteiger charge is -2.08. The van der Waals surface area contributed by atoms with E-state index in [4.69, 9.17) is 0 Å². The zero-order valence-corrected chi connectivity index (χ0v) is 11.2.